The normalized spacial score (nSPS) is 15.0. The Bertz CT molecular complexity index is 954. The third-order valence-electron chi connectivity index (χ3n) is 5.64. The van der Waals surface area contributed by atoms with Crippen LogP contribution in [0.5, 0.6) is 0 Å². The third-order valence-corrected chi connectivity index (χ3v) is 5.64. The van der Waals surface area contributed by atoms with E-state index in [0.29, 0.717) is 24.7 Å². The monoisotopic (exact) mass is 406 g/mol. The van der Waals surface area contributed by atoms with Crippen LogP contribution in [0.1, 0.15) is 42.8 Å². The maximum absolute atomic E-state index is 13.3. The minimum Gasteiger partial charge on any atom is -0.357 e. The quantitative estimate of drug-likeness (QED) is 0.514. The number of carbonyl (C=O) groups is 2. The van der Waals surface area contributed by atoms with Crippen LogP contribution in [0.2, 0.25) is 0 Å². The Balaban J connectivity index is 2.09. The van der Waals surface area contributed by atoms with E-state index < -0.39 is 6.04 Å². The van der Waals surface area contributed by atoms with Crippen molar-refractivity contribution in [3.05, 3.63) is 72.0 Å². The lowest BCUT2D eigenvalue weighted by Crippen LogP contribution is -2.50. The van der Waals surface area contributed by atoms with Crippen molar-refractivity contribution in [1.29, 1.82) is 0 Å². The second kappa shape index (κ2) is 9.59. The summed E-state index contributed by atoms with van der Waals surface area (Å²) in [6.45, 7) is 8.28. The molecule has 1 aromatic carbocycles. The van der Waals surface area contributed by atoms with E-state index >= 15 is 0 Å². The molecule has 0 spiro atoms. The minimum absolute atomic E-state index is 0.117. The molecule has 2 unspecified atom stereocenters. The highest BCUT2D eigenvalue weighted by atomic mass is 16.2. The molecule has 6 heteroatoms. The van der Waals surface area contributed by atoms with E-state index in [-0.39, 0.29) is 17.9 Å². The molecule has 3 rings (SSSR count). The molecule has 1 fully saturated rings. The van der Waals surface area contributed by atoms with Crippen LogP contribution in [-0.2, 0) is 22.6 Å². The van der Waals surface area contributed by atoms with Crippen molar-refractivity contribution < 1.29 is 9.59 Å². The van der Waals surface area contributed by atoms with Crippen molar-refractivity contribution >= 4 is 11.8 Å². The predicted octanol–water partition coefficient (Wildman–Crippen LogP) is 3.19. The fourth-order valence-electron chi connectivity index (χ4n) is 4.04. The smallest absolute Gasteiger partial charge is 0.255 e. The number of hydrogen-bond acceptors (Lipinski definition) is 3. The van der Waals surface area contributed by atoms with E-state index in [9.17, 15) is 9.59 Å². The molecule has 1 aliphatic rings. The van der Waals surface area contributed by atoms with Gasteiger partial charge in [-0.3, -0.25) is 9.59 Å². The number of amides is 2. The number of likely N-dealkylation sites (N-methyl/N-ethyl adjacent to an activating group) is 1. The molecule has 1 heterocycles. The van der Waals surface area contributed by atoms with Crippen molar-refractivity contribution in [2.24, 2.45) is 5.92 Å². The highest BCUT2D eigenvalue weighted by molar-refractivity contribution is 5.93. The average molecular weight is 407 g/mol. The molecule has 1 aromatic heterocycles. The molecule has 2 amide bonds. The lowest BCUT2D eigenvalue weighted by atomic mass is 9.97. The zero-order chi connectivity index (χ0) is 21.7. The van der Waals surface area contributed by atoms with Gasteiger partial charge in [0.15, 0.2) is 6.04 Å². The van der Waals surface area contributed by atoms with Gasteiger partial charge in [0.2, 0.25) is 5.91 Å². The molecule has 158 valence electrons. The Kier molecular flexibility index (Phi) is 6.91. The number of aryl methyl sites for hydroxylation is 2. The predicted molar refractivity (Wildman–Crippen MR) is 117 cm³/mol. The molecule has 1 aliphatic carbocycles. The van der Waals surface area contributed by atoms with Gasteiger partial charge in [-0.1, -0.05) is 36.4 Å². The summed E-state index contributed by atoms with van der Waals surface area (Å²) in [7, 11) is 1.59. The maximum atomic E-state index is 13.3. The highest BCUT2D eigenvalue weighted by Crippen LogP contribution is 2.40. The van der Waals surface area contributed by atoms with Gasteiger partial charge in [-0.25, -0.2) is 4.98 Å². The third kappa shape index (κ3) is 4.71. The van der Waals surface area contributed by atoms with Crippen molar-refractivity contribution in [2.75, 3.05) is 7.05 Å². The standard InChI is InChI=1S/C24H30N4O2/c1-5-8-21(29)28(22(24(30)25-4)23-26-13-14-27(23)6-2)20(19-11-12-19)16-18-10-7-9-17(3)15-18/h7-10,13-15,19-20,22H,1,6,11-12,16H2,2-4H3,(H,25,30). The minimum atomic E-state index is -0.822. The van der Waals surface area contributed by atoms with Gasteiger partial charge in [-0.15, -0.1) is 5.73 Å². The summed E-state index contributed by atoms with van der Waals surface area (Å²) in [6, 6.07) is 7.37. The van der Waals surface area contributed by atoms with Crippen LogP contribution in [0.4, 0.5) is 0 Å². The molecule has 1 N–H and O–H groups in total. The number of nitrogens with zero attached hydrogens (tertiary/aromatic N) is 3. The summed E-state index contributed by atoms with van der Waals surface area (Å²) < 4.78 is 1.91. The molecule has 1 saturated carbocycles. The van der Waals surface area contributed by atoms with E-state index in [4.69, 9.17) is 0 Å². The Labute approximate surface area is 178 Å². The van der Waals surface area contributed by atoms with E-state index in [1.54, 1.807) is 18.1 Å². The fraction of sp³-hybridized carbons (Fsp3) is 0.417. The molecule has 0 radical (unpaired) electrons. The number of aromatic nitrogens is 2. The van der Waals surface area contributed by atoms with E-state index in [1.165, 1.54) is 11.6 Å². The van der Waals surface area contributed by atoms with Crippen LogP contribution in [0, 0.1) is 12.8 Å². The van der Waals surface area contributed by atoms with Crippen molar-refractivity contribution in [3.8, 4) is 0 Å². The summed E-state index contributed by atoms with van der Waals surface area (Å²) >= 11 is 0. The molecular weight excluding hydrogens is 376 g/mol. The van der Waals surface area contributed by atoms with Gasteiger partial charge in [0.25, 0.3) is 5.91 Å². The Morgan fingerprint density at radius 2 is 2.20 bits per heavy atom. The van der Waals surface area contributed by atoms with E-state index in [1.807, 2.05) is 23.8 Å². The molecule has 30 heavy (non-hydrogen) atoms. The zero-order valence-corrected chi connectivity index (χ0v) is 18.0. The second-order valence-electron chi connectivity index (χ2n) is 7.78. The zero-order valence-electron chi connectivity index (χ0n) is 18.0. The van der Waals surface area contributed by atoms with Gasteiger partial charge in [0.05, 0.1) is 0 Å². The van der Waals surface area contributed by atoms with Gasteiger partial charge in [-0.05, 0) is 44.6 Å². The number of nitrogens with one attached hydrogen (secondary N) is 1. The molecule has 0 aliphatic heterocycles. The Morgan fingerprint density at radius 1 is 1.43 bits per heavy atom. The highest BCUT2D eigenvalue weighted by Gasteiger charge is 2.44. The topological polar surface area (TPSA) is 67.2 Å². The van der Waals surface area contributed by atoms with Crippen LogP contribution < -0.4 is 5.32 Å². The van der Waals surface area contributed by atoms with Gasteiger partial charge >= 0.3 is 0 Å². The number of benzene rings is 1. The number of hydrogen-bond donors (Lipinski definition) is 1. The first-order chi connectivity index (χ1) is 14.5. The van der Waals surface area contributed by atoms with Crippen molar-refractivity contribution in [3.63, 3.8) is 0 Å². The molecule has 0 saturated heterocycles. The molecular formula is C24H30N4O2. The van der Waals surface area contributed by atoms with Gasteiger partial charge < -0.3 is 14.8 Å². The summed E-state index contributed by atoms with van der Waals surface area (Å²) in [5.41, 5.74) is 4.93. The summed E-state index contributed by atoms with van der Waals surface area (Å²) in [5.74, 6) is 0.396. The first kappa shape index (κ1) is 21.6. The lowest BCUT2D eigenvalue weighted by molar-refractivity contribution is -0.140. The van der Waals surface area contributed by atoms with Crippen LogP contribution in [0.3, 0.4) is 0 Å². The molecule has 6 nitrogen and oxygen atoms in total. The Morgan fingerprint density at radius 3 is 2.80 bits per heavy atom. The summed E-state index contributed by atoms with van der Waals surface area (Å²) in [5, 5.41) is 2.73. The number of carbonyl (C=O) groups excluding carboxylic acids is 2. The summed E-state index contributed by atoms with van der Waals surface area (Å²) in [6.07, 6.45) is 7.60. The number of rotatable bonds is 9. The molecule has 2 atom stereocenters. The maximum Gasteiger partial charge on any atom is 0.255 e. The van der Waals surface area contributed by atoms with Crippen LogP contribution in [0.25, 0.3) is 0 Å². The van der Waals surface area contributed by atoms with Crippen LogP contribution in [0.15, 0.2) is 55.0 Å². The SMILES string of the molecule is C=C=CC(=O)N(C(C(=O)NC)c1nccn1CC)C(Cc1cccc(C)c1)C1CC1. The van der Waals surface area contributed by atoms with Gasteiger partial charge in [-0.2, -0.15) is 0 Å². The van der Waals surface area contributed by atoms with E-state index in [0.717, 1.165) is 18.4 Å². The largest absolute Gasteiger partial charge is 0.357 e. The van der Waals surface area contributed by atoms with Gasteiger partial charge in [0.1, 0.15) is 5.82 Å². The van der Waals surface area contributed by atoms with Crippen molar-refractivity contribution in [2.45, 2.75) is 51.7 Å². The molecule has 0 bridgehead atoms. The van der Waals surface area contributed by atoms with Crippen LogP contribution in [-0.4, -0.2) is 39.4 Å². The van der Waals surface area contributed by atoms with Crippen molar-refractivity contribution in [1.82, 2.24) is 19.8 Å². The first-order valence-electron chi connectivity index (χ1n) is 10.5. The summed E-state index contributed by atoms with van der Waals surface area (Å²) in [4.78, 5) is 32.5. The lowest BCUT2D eigenvalue weighted by Gasteiger charge is -2.37. The number of imidazole rings is 1. The first-order valence-corrected chi connectivity index (χ1v) is 10.5. The van der Waals surface area contributed by atoms with E-state index in [2.05, 4.69) is 47.7 Å². The second-order valence-corrected chi connectivity index (χ2v) is 7.78. The van der Waals surface area contributed by atoms with Gasteiger partial charge in [0, 0.05) is 38.1 Å². The average Bonchev–Trinajstić information content (AvgIpc) is 3.47. The fourth-order valence-corrected chi connectivity index (χ4v) is 4.04. The molecule has 2 aromatic rings. The van der Waals surface area contributed by atoms with Crippen LogP contribution >= 0.6 is 0 Å². The Hall–Kier alpha value is -3.11.